The van der Waals surface area contributed by atoms with E-state index >= 15 is 0 Å². The maximum absolute atomic E-state index is 11.0. The monoisotopic (exact) mass is 214 g/mol. The van der Waals surface area contributed by atoms with Crippen molar-refractivity contribution in [2.75, 3.05) is 7.11 Å². The average Bonchev–Trinajstić information content (AvgIpc) is 2.34. The van der Waals surface area contributed by atoms with Crippen LogP contribution in [0, 0.1) is 11.8 Å². The summed E-state index contributed by atoms with van der Waals surface area (Å²) >= 11 is 0. The fraction of sp³-hybridized carbons (Fsp3) is 0.769. The molecule has 0 aliphatic heterocycles. The third kappa shape index (κ3) is 7.18. The van der Waals surface area contributed by atoms with Gasteiger partial charge in [0.1, 0.15) is 0 Å². The summed E-state index contributed by atoms with van der Waals surface area (Å²) in [5, 5.41) is 0. The lowest BCUT2D eigenvalue weighted by atomic mass is 9.90. The maximum atomic E-state index is 11.0. The molecule has 0 fully saturated rings. The molecule has 0 unspecified atom stereocenters. The Balaban J connectivity index is 0. The summed E-state index contributed by atoms with van der Waals surface area (Å²) in [4.78, 5) is 11.0. The van der Waals surface area contributed by atoms with Gasteiger partial charge >= 0.3 is 5.97 Å². The molecule has 1 rings (SSSR count). The van der Waals surface area contributed by atoms with Crippen molar-refractivity contribution in [3.63, 3.8) is 0 Å². The Hall–Kier alpha value is -0.790. The lowest BCUT2D eigenvalue weighted by Crippen LogP contribution is -2.17. The molecule has 0 saturated carbocycles. The molecule has 2 atom stereocenters. The Labute approximate surface area is 94.7 Å². The summed E-state index contributed by atoms with van der Waals surface area (Å²) in [6.45, 7) is 10.2. The maximum Gasteiger partial charge on any atom is 0.312 e. The van der Waals surface area contributed by atoms with Gasteiger partial charge in [-0.1, -0.05) is 46.8 Å². The minimum atomic E-state index is -0.104. The molecule has 2 nitrogen and oxygen atoms in total. The van der Waals surface area contributed by atoms with Crippen molar-refractivity contribution < 1.29 is 9.53 Å². The molecule has 90 valence electrons. The molecule has 0 aromatic rings. The van der Waals surface area contributed by atoms with Crippen LogP contribution in [0.15, 0.2) is 12.2 Å². The second-order valence-electron chi connectivity index (χ2n) is 3.07. The number of carbonyl (C=O) groups excluding carboxylic acids is 1. The minimum absolute atomic E-state index is 0.0104. The van der Waals surface area contributed by atoms with Gasteiger partial charge in [-0.2, -0.15) is 0 Å². The van der Waals surface area contributed by atoms with Crippen LogP contribution >= 0.6 is 0 Å². The van der Waals surface area contributed by atoms with E-state index < -0.39 is 0 Å². The normalized spacial score (nSPS) is 22.8. The number of hydrogen-bond donors (Lipinski definition) is 0. The fourth-order valence-corrected chi connectivity index (χ4v) is 1.31. The molecule has 15 heavy (non-hydrogen) atoms. The Morgan fingerprint density at radius 2 is 1.67 bits per heavy atom. The minimum Gasteiger partial charge on any atom is -0.469 e. The van der Waals surface area contributed by atoms with E-state index in [9.17, 15) is 4.79 Å². The molecule has 0 heterocycles. The summed E-state index contributed by atoms with van der Waals surface area (Å²) in [5.74, 6) is 0.528. The van der Waals surface area contributed by atoms with Gasteiger partial charge in [0.05, 0.1) is 13.0 Å². The number of methoxy groups -OCH3 is 1. The van der Waals surface area contributed by atoms with Crippen LogP contribution in [0.5, 0.6) is 0 Å². The zero-order chi connectivity index (χ0) is 12.3. The lowest BCUT2D eigenvalue weighted by molar-refractivity contribution is -0.144. The van der Waals surface area contributed by atoms with Crippen LogP contribution in [0.1, 0.15) is 47.5 Å². The van der Waals surface area contributed by atoms with E-state index in [1.54, 1.807) is 0 Å². The summed E-state index contributed by atoms with van der Waals surface area (Å²) in [7, 11) is 1.44. The van der Waals surface area contributed by atoms with E-state index in [0.29, 0.717) is 5.92 Å². The van der Waals surface area contributed by atoms with Crippen molar-refractivity contribution in [1.82, 2.24) is 0 Å². The molecule has 0 saturated heterocycles. The van der Waals surface area contributed by atoms with E-state index in [0.717, 1.165) is 12.8 Å². The van der Waals surface area contributed by atoms with Crippen LogP contribution in [-0.4, -0.2) is 13.1 Å². The Morgan fingerprint density at radius 1 is 1.13 bits per heavy atom. The molecule has 1 aliphatic rings. The summed E-state index contributed by atoms with van der Waals surface area (Å²) in [5.41, 5.74) is 0. The van der Waals surface area contributed by atoms with Gasteiger partial charge in [0, 0.05) is 0 Å². The van der Waals surface area contributed by atoms with Crippen LogP contribution in [-0.2, 0) is 9.53 Å². The van der Waals surface area contributed by atoms with Gasteiger partial charge < -0.3 is 4.74 Å². The first-order valence-electron chi connectivity index (χ1n) is 6.00. The molecule has 0 N–H and O–H groups in total. The SMILES string of the molecule is CC.CC.COC(=O)[C@@H]1C=C[C@H](C)CC1. The van der Waals surface area contributed by atoms with E-state index in [-0.39, 0.29) is 11.9 Å². The quantitative estimate of drug-likeness (QED) is 0.490. The molecule has 1 aliphatic carbocycles. The van der Waals surface area contributed by atoms with Gasteiger partial charge in [-0.25, -0.2) is 0 Å². The number of esters is 1. The Bertz CT molecular complexity index is 173. The second kappa shape index (κ2) is 11.3. The molecule has 0 amide bonds. The number of hydrogen-bond acceptors (Lipinski definition) is 2. The average molecular weight is 214 g/mol. The van der Waals surface area contributed by atoms with Crippen molar-refractivity contribution in [3.05, 3.63) is 12.2 Å². The number of ether oxygens (including phenoxy) is 1. The summed E-state index contributed by atoms with van der Waals surface area (Å²) in [6.07, 6.45) is 6.08. The third-order valence-electron chi connectivity index (χ3n) is 2.11. The number of allylic oxidation sites excluding steroid dienone is 1. The lowest BCUT2D eigenvalue weighted by Gasteiger charge is -2.17. The van der Waals surface area contributed by atoms with Gasteiger partial charge in [-0.05, 0) is 18.8 Å². The molecule has 0 spiro atoms. The van der Waals surface area contributed by atoms with Gasteiger partial charge in [0.15, 0.2) is 0 Å². The van der Waals surface area contributed by atoms with E-state index in [1.807, 2.05) is 33.8 Å². The Morgan fingerprint density at radius 3 is 2.00 bits per heavy atom. The van der Waals surface area contributed by atoms with Gasteiger partial charge in [-0.3, -0.25) is 4.79 Å². The topological polar surface area (TPSA) is 26.3 Å². The van der Waals surface area contributed by atoms with E-state index in [4.69, 9.17) is 0 Å². The summed E-state index contributed by atoms with van der Waals surface area (Å²) in [6, 6.07) is 0. The zero-order valence-corrected chi connectivity index (χ0v) is 11.0. The molecule has 2 heteroatoms. The van der Waals surface area contributed by atoms with Crippen molar-refractivity contribution in [2.24, 2.45) is 11.8 Å². The van der Waals surface area contributed by atoms with Gasteiger partial charge in [0.25, 0.3) is 0 Å². The van der Waals surface area contributed by atoms with Crippen LogP contribution in [0.4, 0.5) is 0 Å². The zero-order valence-electron chi connectivity index (χ0n) is 11.0. The van der Waals surface area contributed by atoms with Crippen molar-refractivity contribution >= 4 is 5.97 Å². The molecular formula is C13H26O2. The Kier molecular flexibility index (Phi) is 12.5. The second-order valence-corrected chi connectivity index (χ2v) is 3.07. The highest BCUT2D eigenvalue weighted by molar-refractivity contribution is 5.74. The first kappa shape index (κ1) is 16.6. The van der Waals surface area contributed by atoms with E-state index in [2.05, 4.69) is 17.7 Å². The standard InChI is InChI=1S/C9H14O2.2C2H6/c1-7-3-5-8(6-4-7)9(10)11-2;2*1-2/h3,5,7-8H,4,6H2,1-2H3;2*1-2H3/t7-,8+;;/m0../s1. The van der Waals surface area contributed by atoms with Crippen molar-refractivity contribution in [3.8, 4) is 0 Å². The van der Waals surface area contributed by atoms with Gasteiger partial charge in [-0.15, -0.1) is 0 Å². The molecular weight excluding hydrogens is 188 g/mol. The van der Waals surface area contributed by atoms with E-state index in [1.165, 1.54) is 7.11 Å². The van der Waals surface area contributed by atoms with Crippen LogP contribution in [0.2, 0.25) is 0 Å². The smallest absolute Gasteiger partial charge is 0.312 e. The van der Waals surface area contributed by atoms with Crippen LogP contribution in [0.25, 0.3) is 0 Å². The van der Waals surface area contributed by atoms with Crippen LogP contribution in [0.3, 0.4) is 0 Å². The predicted octanol–water partition coefficient (Wildman–Crippen LogP) is 3.81. The highest BCUT2D eigenvalue weighted by Crippen LogP contribution is 2.22. The fourth-order valence-electron chi connectivity index (χ4n) is 1.31. The summed E-state index contributed by atoms with van der Waals surface area (Å²) < 4.78 is 4.63. The molecule has 0 bridgehead atoms. The van der Waals surface area contributed by atoms with Gasteiger partial charge in [0.2, 0.25) is 0 Å². The third-order valence-corrected chi connectivity index (χ3v) is 2.11. The van der Waals surface area contributed by atoms with Crippen molar-refractivity contribution in [1.29, 1.82) is 0 Å². The first-order chi connectivity index (χ1) is 7.24. The largest absolute Gasteiger partial charge is 0.469 e. The highest BCUT2D eigenvalue weighted by atomic mass is 16.5. The molecule has 0 radical (unpaired) electrons. The highest BCUT2D eigenvalue weighted by Gasteiger charge is 2.19. The van der Waals surface area contributed by atoms with Crippen LogP contribution < -0.4 is 0 Å². The molecule has 0 aromatic heterocycles. The number of rotatable bonds is 1. The first-order valence-corrected chi connectivity index (χ1v) is 6.00. The number of carbonyl (C=O) groups is 1. The van der Waals surface area contributed by atoms with Crippen molar-refractivity contribution in [2.45, 2.75) is 47.5 Å². The molecule has 0 aromatic carbocycles. The predicted molar refractivity (Wildman–Crippen MR) is 65.7 cm³/mol.